The fourth-order valence-electron chi connectivity index (χ4n) is 2.87. The number of nitrogens with one attached hydrogen (secondary N) is 2. The zero-order chi connectivity index (χ0) is 19.3. The first-order chi connectivity index (χ1) is 13.0. The van der Waals surface area contributed by atoms with Crippen molar-refractivity contribution < 1.29 is 18.0 Å². The van der Waals surface area contributed by atoms with E-state index < -0.39 is 15.9 Å². The van der Waals surface area contributed by atoms with Gasteiger partial charge in [-0.2, -0.15) is 4.31 Å². The first-order valence-corrected chi connectivity index (χ1v) is 10.1. The van der Waals surface area contributed by atoms with Crippen LogP contribution in [-0.4, -0.2) is 44.2 Å². The number of hydrogen-bond donors (Lipinski definition) is 2. The molecule has 0 aromatic heterocycles. The molecule has 0 aliphatic carbocycles. The maximum Gasteiger partial charge on any atom is 0.251 e. The molecule has 2 aromatic carbocycles. The summed E-state index contributed by atoms with van der Waals surface area (Å²) < 4.78 is 26.7. The first kappa shape index (κ1) is 19.1. The quantitative estimate of drug-likeness (QED) is 0.791. The van der Waals surface area contributed by atoms with Crippen molar-refractivity contribution in [2.75, 3.05) is 25.0 Å². The van der Waals surface area contributed by atoms with Crippen molar-refractivity contribution in [3.05, 3.63) is 60.2 Å². The molecule has 3 rings (SSSR count). The van der Waals surface area contributed by atoms with E-state index in [0.29, 0.717) is 24.3 Å². The zero-order valence-corrected chi connectivity index (χ0v) is 15.5. The lowest BCUT2D eigenvalue weighted by molar-refractivity contribution is -0.115. The molecule has 7 nitrogen and oxygen atoms in total. The summed E-state index contributed by atoms with van der Waals surface area (Å²) in [5.41, 5.74) is 0.832. The average molecular weight is 387 g/mol. The fraction of sp³-hybridized carbons (Fsp3) is 0.263. The van der Waals surface area contributed by atoms with Gasteiger partial charge in [-0.05, 0) is 43.2 Å². The van der Waals surface area contributed by atoms with E-state index in [1.54, 1.807) is 42.5 Å². The van der Waals surface area contributed by atoms with Gasteiger partial charge in [-0.3, -0.25) is 9.59 Å². The molecule has 2 aromatic rings. The molecule has 0 atom stereocenters. The molecular weight excluding hydrogens is 366 g/mol. The number of hydrogen-bond acceptors (Lipinski definition) is 4. The van der Waals surface area contributed by atoms with Crippen molar-refractivity contribution in [3.63, 3.8) is 0 Å². The molecule has 1 aliphatic rings. The predicted octanol–water partition coefficient (Wildman–Crippen LogP) is 1.84. The maximum atomic E-state index is 12.6. The lowest BCUT2D eigenvalue weighted by atomic mass is 10.2. The van der Waals surface area contributed by atoms with Crippen LogP contribution in [0.4, 0.5) is 5.69 Å². The second-order valence-corrected chi connectivity index (χ2v) is 8.17. The summed E-state index contributed by atoms with van der Waals surface area (Å²) in [6.45, 7) is 0.825. The average Bonchev–Trinajstić information content (AvgIpc) is 3.23. The van der Waals surface area contributed by atoms with E-state index in [1.165, 1.54) is 16.4 Å². The molecule has 0 radical (unpaired) electrons. The van der Waals surface area contributed by atoms with Crippen LogP contribution in [0.1, 0.15) is 23.2 Å². The molecule has 1 saturated heterocycles. The van der Waals surface area contributed by atoms with E-state index >= 15 is 0 Å². The highest BCUT2D eigenvalue weighted by Gasteiger charge is 2.27. The second-order valence-electron chi connectivity index (χ2n) is 6.24. The third kappa shape index (κ3) is 4.72. The van der Waals surface area contributed by atoms with Crippen molar-refractivity contribution in [1.29, 1.82) is 0 Å². The van der Waals surface area contributed by atoms with Crippen LogP contribution in [0, 0.1) is 0 Å². The van der Waals surface area contributed by atoms with Gasteiger partial charge in [-0.1, -0.05) is 24.3 Å². The van der Waals surface area contributed by atoms with Gasteiger partial charge in [0.15, 0.2) is 0 Å². The van der Waals surface area contributed by atoms with Gasteiger partial charge in [0.05, 0.1) is 11.4 Å². The third-order valence-corrected chi connectivity index (χ3v) is 6.16. The van der Waals surface area contributed by atoms with E-state index in [2.05, 4.69) is 10.6 Å². The van der Waals surface area contributed by atoms with Gasteiger partial charge in [0.25, 0.3) is 5.91 Å². The summed E-state index contributed by atoms with van der Waals surface area (Å²) in [6.07, 6.45) is 1.72. The summed E-state index contributed by atoms with van der Waals surface area (Å²) in [5, 5.41) is 5.15. The molecule has 1 aliphatic heterocycles. The lowest BCUT2D eigenvalue weighted by Crippen LogP contribution is -2.33. The first-order valence-electron chi connectivity index (χ1n) is 8.70. The Balaban J connectivity index is 1.61. The molecule has 8 heteroatoms. The normalized spacial score (nSPS) is 14.7. The van der Waals surface area contributed by atoms with E-state index in [0.717, 1.165) is 12.8 Å². The van der Waals surface area contributed by atoms with Crippen LogP contribution in [-0.2, 0) is 14.8 Å². The van der Waals surface area contributed by atoms with Gasteiger partial charge in [-0.25, -0.2) is 8.42 Å². The SMILES string of the molecule is O=C(CNC(=O)c1ccccc1)Nc1cccc(S(=O)(=O)N2CCCC2)c1. The van der Waals surface area contributed by atoms with Crippen molar-refractivity contribution >= 4 is 27.5 Å². The smallest absolute Gasteiger partial charge is 0.251 e. The number of benzene rings is 2. The number of anilines is 1. The Labute approximate surface area is 158 Å². The minimum absolute atomic E-state index is 0.149. The van der Waals surface area contributed by atoms with Crippen LogP contribution in [0.15, 0.2) is 59.5 Å². The van der Waals surface area contributed by atoms with Gasteiger partial charge < -0.3 is 10.6 Å². The minimum atomic E-state index is -3.55. The maximum absolute atomic E-state index is 12.6. The molecule has 142 valence electrons. The number of carbonyl (C=O) groups is 2. The third-order valence-electron chi connectivity index (χ3n) is 4.27. The van der Waals surface area contributed by atoms with Crippen molar-refractivity contribution in [2.45, 2.75) is 17.7 Å². The van der Waals surface area contributed by atoms with Gasteiger partial charge >= 0.3 is 0 Å². The Morgan fingerprint density at radius 2 is 1.67 bits per heavy atom. The standard InChI is InChI=1S/C19H21N3O4S/c23-18(14-20-19(24)15-7-2-1-3-8-15)21-16-9-6-10-17(13-16)27(25,26)22-11-4-5-12-22/h1-3,6-10,13H,4-5,11-12,14H2,(H,20,24)(H,21,23). The molecule has 2 N–H and O–H groups in total. The summed E-state index contributed by atoms with van der Waals surface area (Å²) in [4.78, 5) is 24.2. The molecule has 2 amide bonds. The van der Waals surface area contributed by atoms with Crippen LogP contribution < -0.4 is 10.6 Å². The summed E-state index contributed by atoms with van der Waals surface area (Å²) >= 11 is 0. The van der Waals surface area contributed by atoms with Gasteiger partial charge in [0, 0.05) is 24.3 Å². The van der Waals surface area contributed by atoms with E-state index in [9.17, 15) is 18.0 Å². The van der Waals surface area contributed by atoms with Crippen molar-refractivity contribution in [1.82, 2.24) is 9.62 Å². The molecular formula is C19H21N3O4S. The largest absolute Gasteiger partial charge is 0.343 e. The second kappa shape index (κ2) is 8.32. The molecule has 1 heterocycles. The Kier molecular flexibility index (Phi) is 5.88. The summed E-state index contributed by atoms with van der Waals surface area (Å²) in [5.74, 6) is -0.786. The van der Waals surface area contributed by atoms with Crippen LogP contribution in [0.2, 0.25) is 0 Å². The number of amides is 2. The van der Waals surface area contributed by atoms with E-state index in [1.807, 2.05) is 0 Å². The fourth-order valence-corrected chi connectivity index (χ4v) is 4.43. The summed E-state index contributed by atoms with van der Waals surface area (Å²) in [6, 6.07) is 14.7. The predicted molar refractivity (Wildman–Crippen MR) is 102 cm³/mol. The highest BCUT2D eigenvalue weighted by Crippen LogP contribution is 2.23. The molecule has 0 saturated carbocycles. The van der Waals surface area contributed by atoms with Crippen LogP contribution in [0.3, 0.4) is 0 Å². The van der Waals surface area contributed by atoms with Crippen LogP contribution in [0.25, 0.3) is 0 Å². The molecule has 0 bridgehead atoms. The molecule has 1 fully saturated rings. The monoisotopic (exact) mass is 387 g/mol. The number of carbonyl (C=O) groups excluding carboxylic acids is 2. The topological polar surface area (TPSA) is 95.6 Å². The minimum Gasteiger partial charge on any atom is -0.343 e. The number of nitrogens with zero attached hydrogens (tertiary/aromatic N) is 1. The van der Waals surface area contributed by atoms with Crippen LogP contribution >= 0.6 is 0 Å². The van der Waals surface area contributed by atoms with E-state index in [4.69, 9.17) is 0 Å². The van der Waals surface area contributed by atoms with E-state index in [-0.39, 0.29) is 17.3 Å². The Hall–Kier alpha value is -2.71. The van der Waals surface area contributed by atoms with Gasteiger partial charge in [0.2, 0.25) is 15.9 Å². The number of sulfonamides is 1. The van der Waals surface area contributed by atoms with Crippen molar-refractivity contribution in [3.8, 4) is 0 Å². The number of rotatable bonds is 6. The Morgan fingerprint density at radius 3 is 2.37 bits per heavy atom. The molecule has 0 unspecified atom stereocenters. The van der Waals surface area contributed by atoms with Crippen LogP contribution in [0.5, 0.6) is 0 Å². The van der Waals surface area contributed by atoms with Gasteiger partial charge in [0.1, 0.15) is 0 Å². The summed E-state index contributed by atoms with van der Waals surface area (Å²) in [7, 11) is -3.55. The Bertz CT molecular complexity index is 923. The molecule has 0 spiro atoms. The van der Waals surface area contributed by atoms with Crippen molar-refractivity contribution in [2.24, 2.45) is 0 Å². The highest BCUT2D eigenvalue weighted by molar-refractivity contribution is 7.89. The highest BCUT2D eigenvalue weighted by atomic mass is 32.2. The lowest BCUT2D eigenvalue weighted by Gasteiger charge is -2.16. The Morgan fingerprint density at radius 1 is 0.963 bits per heavy atom. The van der Waals surface area contributed by atoms with Gasteiger partial charge in [-0.15, -0.1) is 0 Å². The molecule has 27 heavy (non-hydrogen) atoms. The zero-order valence-electron chi connectivity index (χ0n) is 14.7.